The summed E-state index contributed by atoms with van der Waals surface area (Å²) in [6.45, 7) is 1.58. The van der Waals surface area contributed by atoms with Crippen molar-refractivity contribution in [3.05, 3.63) is 89.2 Å². The lowest BCUT2D eigenvalue weighted by atomic mass is 9.92. The number of carbonyl (C=O) groups excluding carboxylic acids is 5. The third kappa shape index (κ3) is 15.8. The molecule has 0 spiro atoms. The maximum atomic E-state index is 14.0. The lowest BCUT2D eigenvalue weighted by Crippen LogP contribution is -2.48. The second-order valence-corrected chi connectivity index (χ2v) is 15.9. The molecule has 2 aliphatic rings. The number of unbranched alkanes of at least 4 members (excludes halogenated alkanes) is 4. The Bertz CT molecular complexity index is 1790. The molecule has 14 heteroatoms. The van der Waals surface area contributed by atoms with Gasteiger partial charge in [0.2, 0.25) is 11.8 Å². The highest BCUT2D eigenvalue weighted by Gasteiger charge is 2.31. The van der Waals surface area contributed by atoms with E-state index < -0.39 is 11.8 Å². The van der Waals surface area contributed by atoms with Crippen molar-refractivity contribution in [1.82, 2.24) is 31.0 Å². The van der Waals surface area contributed by atoms with E-state index in [1.54, 1.807) is 0 Å². The van der Waals surface area contributed by atoms with Crippen LogP contribution in [0.5, 0.6) is 0 Å². The third-order valence-electron chi connectivity index (χ3n) is 11.2. The van der Waals surface area contributed by atoms with Crippen molar-refractivity contribution in [1.29, 1.82) is 0 Å². The first kappa shape index (κ1) is 46.0. The summed E-state index contributed by atoms with van der Waals surface area (Å²) in [7, 11) is 1.38. The molecule has 3 aromatic rings. The fraction of sp³-hybridized carbons (Fsp3) is 0.565. The minimum Gasteiger partial charge on any atom is -0.469 e. The summed E-state index contributed by atoms with van der Waals surface area (Å²) in [5, 5.41) is 16.6. The minimum absolute atomic E-state index is 0.0200. The van der Waals surface area contributed by atoms with Crippen molar-refractivity contribution in [2.45, 2.75) is 147 Å². The number of benzene rings is 2. The summed E-state index contributed by atoms with van der Waals surface area (Å²) in [6.07, 6.45) is 12.0. The molecule has 4 atom stereocenters. The average Bonchev–Trinajstić information content (AvgIpc) is 3.69. The molecule has 0 saturated heterocycles. The molecule has 4 N–H and O–H groups in total. The molecule has 0 bridgehead atoms. The van der Waals surface area contributed by atoms with Gasteiger partial charge in [-0.3, -0.25) is 24.0 Å². The zero-order chi connectivity index (χ0) is 42.4. The van der Waals surface area contributed by atoms with Crippen molar-refractivity contribution in [2.24, 2.45) is 0 Å². The first-order chi connectivity index (χ1) is 29.3. The molecule has 1 heterocycles. The largest absolute Gasteiger partial charge is 0.469 e. The molecular weight excluding hydrogens is 765 g/mol. The van der Waals surface area contributed by atoms with Gasteiger partial charge in [-0.1, -0.05) is 99.2 Å². The SMILES string of the molecule is COC(=O)CCCCCNC(=O)CCCCCNC(=O)c1cc(C(=O)N[C@H]2CCCC[C@@H]2OCc2ccccc2)n(CC(=O)N[C@H]2CCCC[C@@H]2OCc2ccccc2)n1. The molecule has 1 aromatic heterocycles. The highest BCUT2D eigenvalue weighted by molar-refractivity contribution is 5.98. The minimum atomic E-state index is -0.448. The monoisotopic (exact) mass is 828 g/mol. The summed E-state index contributed by atoms with van der Waals surface area (Å²) < 4.78 is 18.6. The average molecular weight is 829 g/mol. The maximum Gasteiger partial charge on any atom is 0.305 e. The number of esters is 1. The predicted octanol–water partition coefficient (Wildman–Crippen LogP) is 5.92. The smallest absolute Gasteiger partial charge is 0.305 e. The first-order valence-corrected chi connectivity index (χ1v) is 21.9. The van der Waals surface area contributed by atoms with Gasteiger partial charge in [0.1, 0.15) is 12.2 Å². The Morgan fingerprint density at radius 1 is 0.633 bits per heavy atom. The molecule has 2 aliphatic carbocycles. The summed E-state index contributed by atoms with van der Waals surface area (Å²) in [4.78, 5) is 64.5. The summed E-state index contributed by atoms with van der Waals surface area (Å²) in [5.41, 5.74) is 2.29. The summed E-state index contributed by atoms with van der Waals surface area (Å²) in [5.74, 6) is -1.43. The molecule has 2 aromatic carbocycles. The van der Waals surface area contributed by atoms with Gasteiger partial charge in [0, 0.05) is 32.0 Å². The second kappa shape index (κ2) is 25.5. The molecule has 0 unspecified atom stereocenters. The van der Waals surface area contributed by atoms with Crippen LogP contribution in [0.1, 0.15) is 135 Å². The Kier molecular flexibility index (Phi) is 19.6. The Balaban J connectivity index is 1.15. The van der Waals surface area contributed by atoms with Crippen molar-refractivity contribution in [3.63, 3.8) is 0 Å². The molecular formula is C46H64N6O8. The van der Waals surface area contributed by atoms with Crippen molar-refractivity contribution in [2.75, 3.05) is 20.2 Å². The number of amides is 4. The van der Waals surface area contributed by atoms with E-state index in [2.05, 4.69) is 31.1 Å². The van der Waals surface area contributed by atoms with Crippen LogP contribution in [-0.4, -0.2) is 83.9 Å². The molecule has 0 aliphatic heterocycles. The number of carbonyl (C=O) groups is 5. The molecule has 14 nitrogen and oxygen atoms in total. The van der Waals surface area contributed by atoms with Gasteiger partial charge >= 0.3 is 5.97 Å². The van der Waals surface area contributed by atoms with E-state index in [1.165, 1.54) is 17.9 Å². The van der Waals surface area contributed by atoms with Crippen molar-refractivity contribution < 1.29 is 38.2 Å². The lowest BCUT2D eigenvalue weighted by molar-refractivity contribution is -0.140. The van der Waals surface area contributed by atoms with E-state index in [1.807, 2.05) is 60.7 Å². The normalized spacial score (nSPS) is 18.9. The number of ether oxygens (including phenoxy) is 3. The molecule has 4 amide bonds. The highest BCUT2D eigenvalue weighted by Crippen LogP contribution is 2.24. The lowest BCUT2D eigenvalue weighted by Gasteiger charge is -2.32. The van der Waals surface area contributed by atoms with Gasteiger partial charge in [-0.25, -0.2) is 4.68 Å². The van der Waals surface area contributed by atoms with Crippen molar-refractivity contribution in [3.8, 4) is 0 Å². The van der Waals surface area contributed by atoms with Crippen molar-refractivity contribution >= 4 is 29.6 Å². The third-order valence-corrected chi connectivity index (χ3v) is 11.2. The fourth-order valence-corrected chi connectivity index (χ4v) is 7.81. The first-order valence-electron chi connectivity index (χ1n) is 21.9. The Hall–Kier alpha value is -5.08. The van der Waals surface area contributed by atoms with Gasteiger partial charge in [0.25, 0.3) is 11.8 Å². The number of aromatic nitrogens is 2. The molecule has 60 heavy (non-hydrogen) atoms. The van der Waals surface area contributed by atoms with E-state index in [0.29, 0.717) is 52.0 Å². The Labute approximate surface area is 354 Å². The van der Waals surface area contributed by atoms with Crippen LogP contribution in [-0.2, 0) is 48.4 Å². The van der Waals surface area contributed by atoms with Gasteiger partial charge in [-0.2, -0.15) is 5.10 Å². The Morgan fingerprint density at radius 3 is 1.78 bits per heavy atom. The molecule has 2 saturated carbocycles. The van der Waals surface area contributed by atoms with Crippen LogP contribution >= 0.6 is 0 Å². The van der Waals surface area contributed by atoms with Crippen LogP contribution in [0.25, 0.3) is 0 Å². The van der Waals surface area contributed by atoms with Crippen LogP contribution in [0.15, 0.2) is 66.7 Å². The number of hydrogen-bond acceptors (Lipinski definition) is 9. The van der Waals surface area contributed by atoms with Crippen LogP contribution in [0.2, 0.25) is 0 Å². The Morgan fingerprint density at radius 2 is 1.18 bits per heavy atom. The quantitative estimate of drug-likeness (QED) is 0.0630. The van der Waals surface area contributed by atoms with Gasteiger partial charge in [0.05, 0.1) is 44.6 Å². The van der Waals surface area contributed by atoms with Gasteiger partial charge in [-0.05, 0) is 62.5 Å². The molecule has 0 radical (unpaired) electrons. The van der Waals surface area contributed by atoms with Crippen LogP contribution in [0.4, 0.5) is 0 Å². The number of methoxy groups -OCH3 is 1. The zero-order valence-corrected chi connectivity index (χ0v) is 35.2. The fourth-order valence-electron chi connectivity index (χ4n) is 7.81. The molecule has 5 rings (SSSR count). The number of nitrogens with zero attached hydrogens (tertiary/aromatic N) is 2. The predicted molar refractivity (Wildman–Crippen MR) is 227 cm³/mol. The van der Waals surface area contributed by atoms with E-state index in [4.69, 9.17) is 9.47 Å². The van der Waals surface area contributed by atoms with E-state index >= 15 is 0 Å². The maximum absolute atomic E-state index is 14.0. The molecule has 326 valence electrons. The summed E-state index contributed by atoms with van der Waals surface area (Å²) in [6, 6.07) is 20.9. The number of rotatable bonds is 24. The topological polar surface area (TPSA) is 179 Å². The molecule has 2 fully saturated rings. The van der Waals surface area contributed by atoms with Gasteiger partial charge in [0.15, 0.2) is 5.69 Å². The van der Waals surface area contributed by atoms with Gasteiger partial charge < -0.3 is 35.5 Å². The van der Waals surface area contributed by atoms with Crippen LogP contribution in [0, 0.1) is 0 Å². The van der Waals surface area contributed by atoms with Gasteiger partial charge in [-0.15, -0.1) is 0 Å². The number of hydrogen-bond donors (Lipinski definition) is 4. The second-order valence-electron chi connectivity index (χ2n) is 15.9. The standard InChI is InChI=1S/C46H64N6O8/c1-58-44(55)27-11-5-16-28-47-42(53)26-10-4-17-29-48-45(56)38-30-39(46(57)50-37-23-13-15-25-41(37)60-33-35-20-8-3-9-21-35)52(51-38)31-43(54)49-36-22-12-14-24-40(36)59-32-34-18-6-2-7-19-34/h2-3,6-9,18-21,30,36-37,40-41H,4-5,10-17,22-29,31-33H2,1H3,(H,47,53)(H,48,56)(H,49,54)(H,50,57)/t36-,37-,40-,41-/m0/s1. The van der Waals surface area contributed by atoms with Crippen LogP contribution < -0.4 is 21.3 Å². The van der Waals surface area contributed by atoms with E-state index in [9.17, 15) is 24.0 Å². The highest BCUT2D eigenvalue weighted by atomic mass is 16.5. The zero-order valence-electron chi connectivity index (χ0n) is 35.2. The van der Waals surface area contributed by atoms with E-state index in [0.717, 1.165) is 88.2 Å². The van der Waals surface area contributed by atoms with E-state index in [-0.39, 0.29) is 60.0 Å². The van der Waals surface area contributed by atoms with Crippen LogP contribution in [0.3, 0.4) is 0 Å². The summed E-state index contributed by atoms with van der Waals surface area (Å²) >= 11 is 0. The number of nitrogens with one attached hydrogen (secondary N) is 4.